The molecule has 0 bridgehead atoms. The van der Waals surface area contributed by atoms with Gasteiger partial charge in [0.2, 0.25) is 0 Å². The number of carbonyl (C=O) groups is 2. The van der Waals surface area contributed by atoms with Gasteiger partial charge in [-0.1, -0.05) is 46.3 Å². The maximum Gasteiger partial charge on any atom is 0.342 e. The third kappa shape index (κ3) is 6.23. The molecule has 2 rings (SSSR count). The molecule has 0 radical (unpaired) electrons. The summed E-state index contributed by atoms with van der Waals surface area (Å²) in [6, 6.07) is 14.4. The van der Waals surface area contributed by atoms with Gasteiger partial charge in [0.1, 0.15) is 11.3 Å². The van der Waals surface area contributed by atoms with E-state index in [0.29, 0.717) is 4.47 Å². The molecule has 2 aromatic rings. The molecule has 0 aliphatic rings. The van der Waals surface area contributed by atoms with Gasteiger partial charge in [0, 0.05) is 10.5 Å². The summed E-state index contributed by atoms with van der Waals surface area (Å²) in [5.41, 5.74) is 1.22. The van der Waals surface area contributed by atoms with E-state index >= 15 is 0 Å². The second-order valence-corrected chi connectivity index (χ2v) is 6.65. The van der Waals surface area contributed by atoms with Crippen LogP contribution in [0.5, 0.6) is 5.75 Å². The first kappa shape index (κ1) is 19.0. The molecule has 0 spiro atoms. The molecule has 1 atom stereocenters. The van der Waals surface area contributed by atoms with Gasteiger partial charge in [0.15, 0.2) is 6.61 Å². The van der Waals surface area contributed by atoms with Gasteiger partial charge < -0.3 is 15.2 Å². The van der Waals surface area contributed by atoms with E-state index in [1.807, 2.05) is 37.3 Å². The highest BCUT2D eigenvalue weighted by atomic mass is 79.9. The number of phenolic OH excluding ortho intramolecular Hbond substituents is 1. The Hall–Kier alpha value is -2.34. The first-order valence-electron chi connectivity index (χ1n) is 7.94. The summed E-state index contributed by atoms with van der Waals surface area (Å²) in [5, 5.41) is 12.5. The van der Waals surface area contributed by atoms with Crippen LogP contribution in [0.15, 0.2) is 53.0 Å². The van der Waals surface area contributed by atoms with Gasteiger partial charge in [-0.05, 0) is 43.5 Å². The summed E-state index contributed by atoms with van der Waals surface area (Å²) in [7, 11) is 0. The molecule has 2 N–H and O–H groups in total. The predicted molar refractivity (Wildman–Crippen MR) is 98.5 cm³/mol. The Labute approximate surface area is 155 Å². The largest absolute Gasteiger partial charge is 0.507 e. The smallest absolute Gasteiger partial charge is 0.342 e. The fourth-order valence-electron chi connectivity index (χ4n) is 2.30. The number of aryl methyl sites for hydroxylation is 1. The molecule has 132 valence electrons. The molecule has 5 nitrogen and oxygen atoms in total. The molecule has 0 fully saturated rings. The average Bonchev–Trinajstić information content (AvgIpc) is 2.61. The fraction of sp³-hybridized carbons (Fsp3) is 0.263. The van der Waals surface area contributed by atoms with Crippen molar-refractivity contribution in [3.8, 4) is 5.75 Å². The molecule has 2 aromatic carbocycles. The van der Waals surface area contributed by atoms with Crippen LogP contribution in [0.2, 0.25) is 0 Å². The summed E-state index contributed by atoms with van der Waals surface area (Å²) in [4.78, 5) is 23.8. The minimum absolute atomic E-state index is 0.0132. The van der Waals surface area contributed by atoms with E-state index in [4.69, 9.17) is 4.74 Å². The normalized spacial score (nSPS) is 11.6. The third-order valence-electron chi connectivity index (χ3n) is 3.63. The Balaban J connectivity index is 1.76. The second kappa shape index (κ2) is 9.22. The number of carbonyl (C=O) groups excluding carboxylic acids is 2. The Bertz CT molecular complexity index is 733. The summed E-state index contributed by atoms with van der Waals surface area (Å²) in [5.74, 6) is -1.31. The quantitative estimate of drug-likeness (QED) is 0.691. The van der Waals surface area contributed by atoms with E-state index in [1.165, 1.54) is 17.7 Å². The molecule has 0 unspecified atom stereocenters. The summed E-state index contributed by atoms with van der Waals surface area (Å²) in [6.45, 7) is 1.52. The lowest BCUT2D eigenvalue weighted by Gasteiger charge is -2.14. The second-order valence-electron chi connectivity index (χ2n) is 5.73. The van der Waals surface area contributed by atoms with Crippen LogP contribution in [-0.4, -0.2) is 29.6 Å². The maximum absolute atomic E-state index is 11.9. The Morgan fingerprint density at radius 1 is 1.20 bits per heavy atom. The van der Waals surface area contributed by atoms with Crippen LogP contribution in [0, 0.1) is 0 Å². The van der Waals surface area contributed by atoms with Crippen molar-refractivity contribution in [3.05, 3.63) is 64.1 Å². The van der Waals surface area contributed by atoms with E-state index in [-0.39, 0.29) is 29.9 Å². The molecule has 25 heavy (non-hydrogen) atoms. The molecule has 0 saturated heterocycles. The van der Waals surface area contributed by atoms with Gasteiger partial charge in [0.05, 0.1) is 0 Å². The standard InChI is InChI=1S/C19H20BrNO4/c1-13(7-8-14-5-3-2-4-6-14)21-18(23)12-25-19(24)16-11-15(20)9-10-17(16)22/h2-6,9-11,13,22H,7-8,12H2,1H3,(H,21,23)/t13-/m0/s1. The maximum atomic E-state index is 11.9. The number of ether oxygens (including phenoxy) is 1. The van der Waals surface area contributed by atoms with Gasteiger partial charge in [-0.25, -0.2) is 4.79 Å². The number of phenols is 1. The molecule has 6 heteroatoms. The number of aromatic hydroxyl groups is 1. The van der Waals surface area contributed by atoms with Crippen LogP contribution >= 0.6 is 15.9 Å². The first-order valence-corrected chi connectivity index (χ1v) is 8.74. The Morgan fingerprint density at radius 3 is 2.64 bits per heavy atom. The topological polar surface area (TPSA) is 75.6 Å². The van der Waals surface area contributed by atoms with Crippen LogP contribution in [0.25, 0.3) is 0 Å². The number of hydrogen-bond acceptors (Lipinski definition) is 4. The van der Waals surface area contributed by atoms with Gasteiger partial charge in [-0.15, -0.1) is 0 Å². The van der Waals surface area contributed by atoms with Crippen molar-refractivity contribution in [2.45, 2.75) is 25.8 Å². The van der Waals surface area contributed by atoms with Gasteiger partial charge >= 0.3 is 5.97 Å². The Kier molecular flexibility index (Phi) is 7.01. The monoisotopic (exact) mass is 405 g/mol. The van der Waals surface area contributed by atoms with E-state index < -0.39 is 5.97 Å². The zero-order valence-corrected chi connectivity index (χ0v) is 15.5. The molecule has 0 aromatic heterocycles. The number of rotatable bonds is 7. The van der Waals surface area contributed by atoms with Crippen molar-refractivity contribution >= 4 is 27.8 Å². The van der Waals surface area contributed by atoms with Crippen molar-refractivity contribution < 1.29 is 19.4 Å². The predicted octanol–water partition coefficient (Wildman–Crippen LogP) is 3.45. The lowest BCUT2D eigenvalue weighted by Crippen LogP contribution is -2.36. The van der Waals surface area contributed by atoms with Crippen LogP contribution in [0.3, 0.4) is 0 Å². The van der Waals surface area contributed by atoms with Gasteiger partial charge in [0.25, 0.3) is 5.91 Å². The number of nitrogens with one attached hydrogen (secondary N) is 1. The van der Waals surface area contributed by atoms with Crippen molar-refractivity contribution in [3.63, 3.8) is 0 Å². The summed E-state index contributed by atoms with van der Waals surface area (Å²) >= 11 is 3.22. The minimum Gasteiger partial charge on any atom is -0.507 e. The van der Waals surface area contributed by atoms with E-state index in [1.54, 1.807) is 6.07 Å². The fourth-order valence-corrected chi connectivity index (χ4v) is 2.66. The minimum atomic E-state index is -0.745. The lowest BCUT2D eigenvalue weighted by atomic mass is 10.1. The van der Waals surface area contributed by atoms with Crippen molar-refractivity contribution in [1.29, 1.82) is 0 Å². The zero-order valence-electron chi connectivity index (χ0n) is 13.9. The van der Waals surface area contributed by atoms with Gasteiger partial charge in [-0.3, -0.25) is 4.79 Å². The Morgan fingerprint density at radius 2 is 1.92 bits per heavy atom. The van der Waals surface area contributed by atoms with Crippen molar-refractivity contribution in [2.75, 3.05) is 6.61 Å². The molecule has 0 saturated carbocycles. The van der Waals surface area contributed by atoms with Crippen molar-refractivity contribution in [1.82, 2.24) is 5.32 Å². The highest BCUT2D eigenvalue weighted by Crippen LogP contribution is 2.22. The SMILES string of the molecule is C[C@@H](CCc1ccccc1)NC(=O)COC(=O)c1cc(Br)ccc1O. The first-order chi connectivity index (χ1) is 12.0. The number of hydrogen-bond donors (Lipinski definition) is 2. The number of halogens is 1. The average molecular weight is 406 g/mol. The molecule has 0 aliphatic heterocycles. The van der Waals surface area contributed by atoms with E-state index in [2.05, 4.69) is 21.2 Å². The van der Waals surface area contributed by atoms with Gasteiger partial charge in [-0.2, -0.15) is 0 Å². The van der Waals surface area contributed by atoms with Crippen LogP contribution in [0.4, 0.5) is 0 Å². The van der Waals surface area contributed by atoms with Crippen LogP contribution in [-0.2, 0) is 16.0 Å². The molecule has 1 amide bonds. The number of esters is 1. The molecular formula is C19H20BrNO4. The number of benzene rings is 2. The van der Waals surface area contributed by atoms with E-state index in [9.17, 15) is 14.7 Å². The zero-order chi connectivity index (χ0) is 18.2. The van der Waals surface area contributed by atoms with Crippen LogP contribution < -0.4 is 5.32 Å². The summed E-state index contributed by atoms with van der Waals surface area (Å²) < 4.78 is 5.59. The highest BCUT2D eigenvalue weighted by Gasteiger charge is 2.15. The highest BCUT2D eigenvalue weighted by molar-refractivity contribution is 9.10. The lowest BCUT2D eigenvalue weighted by molar-refractivity contribution is -0.124. The van der Waals surface area contributed by atoms with E-state index in [0.717, 1.165) is 12.8 Å². The van der Waals surface area contributed by atoms with Crippen LogP contribution in [0.1, 0.15) is 29.3 Å². The number of amides is 1. The molecular weight excluding hydrogens is 386 g/mol. The third-order valence-corrected chi connectivity index (χ3v) is 4.12. The van der Waals surface area contributed by atoms with Crippen molar-refractivity contribution in [2.24, 2.45) is 0 Å². The molecule has 0 heterocycles. The summed E-state index contributed by atoms with van der Waals surface area (Å²) in [6.07, 6.45) is 1.64. The molecule has 0 aliphatic carbocycles.